The van der Waals surface area contributed by atoms with E-state index < -0.39 is 0 Å². The fraction of sp³-hybridized carbons (Fsp3) is 0.571. The Morgan fingerprint density at radius 1 is 1.50 bits per heavy atom. The van der Waals surface area contributed by atoms with Gasteiger partial charge in [0, 0.05) is 19.6 Å². The van der Waals surface area contributed by atoms with Gasteiger partial charge in [-0.3, -0.25) is 10.1 Å². The zero-order valence-electron chi connectivity index (χ0n) is 12.1. The molecular formula is C14H21N3O3. The molecule has 1 aliphatic heterocycles. The molecule has 1 N–H and O–H groups in total. The SMILES string of the molecule is CCN(c1cccc(OC(C)C)c1[N+](=O)[O-])C1CNC1. The number of anilines is 1. The molecule has 6 heteroatoms. The minimum Gasteiger partial charge on any atom is -0.484 e. The molecule has 0 saturated carbocycles. The molecule has 20 heavy (non-hydrogen) atoms. The first kappa shape index (κ1) is 14.6. The van der Waals surface area contributed by atoms with Crippen LogP contribution in [0.3, 0.4) is 0 Å². The van der Waals surface area contributed by atoms with Crippen LogP contribution in [0.15, 0.2) is 18.2 Å². The quantitative estimate of drug-likeness (QED) is 0.638. The Labute approximate surface area is 118 Å². The van der Waals surface area contributed by atoms with Crippen LogP contribution >= 0.6 is 0 Å². The molecule has 2 rings (SSSR count). The van der Waals surface area contributed by atoms with Crippen molar-refractivity contribution in [3.05, 3.63) is 28.3 Å². The summed E-state index contributed by atoms with van der Waals surface area (Å²) in [5, 5.41) is 14.7. The maximum atomic E-state index is 11.5. The summed E-state index contributed by atoms with van der Waals surface area (Å²) < 4.78 is 5.59. The number of nitro benzene ring substituents is 1. The number of nitrogens with zero attached hydrogens (tertiary/aromatic N) is 2. The van der Waals surface area contributed by atoms with Gasteiger partial charge in [-0.1, -0.05) is 6.07 Å². The molecule has 6 nitrogen and oxygen atoms in total. The first-order chi connectivity index (χ1) is 9.54. The Hall–Kier alpha value is -1.82. The van der Waals surface area contributed by atoms with Gasteiger partial charge in [0.2, 0.25) is 0 Å². The summed E-state index contributed by atoms with van der Waals surface area (Å²) in [7, 11) is 0. The minimum absolute atomic E-state index is 0.0648. The molecule has 0 radical (unpaired) electrons. The second-order valence-electron chi connectivity index (χ2n) is 5.15. The highest BCUT2D eigenvalue weighted by Crippen LogP contribution is 2.38. The molecule has 0 atom stereocenters. The normalized spacial score (nSPS) is 15.0. The first-order valence-electron chi connectivity index (χ1n) is 6.96. The van der Waals surface area contributed by atoms with Crippen LogP contribution in [0, 0.1) is 10.1 Å². The predicted octanol–water partition coefficient (Wildman–Crippen LogP) is 2.18. The molecule has 0 amide bonds. The van der Waals surface area contributed by atoms with E-state index in [1.165, 1.54) is 0 Å². The number of likely N-dealkylation sites (N-methyl/N-ethyl adjacent to an activating group) is 1. The summed E-state index contributed by atoms with van der Waals surface area (Å²) in [5.41, 5.74) is 0.706. The molecule has 1 aliphatic rings. The Kier molecular flexibility index (Phi) is 4.44. The lowest BCUT2D eigenvalue weighted by Crippen LogP contribution is -2.57. The standard InChI is InChI=1S/C14H21N3O3/c1-4-16(11-8-15-9-11)12-6-5-7-13(20-10(2)3)14(12)17(18)19/h5-7,10-11,15H,4,8-9H2,1-3H3. The number of ether oxygens (including phenoxy) is 1. The summed E-state index contributed by atoms with van der Waals surface area (Å²) in [6.07, 6.45) is -0.0932. The van der Waals surface area contributed by atoms with Crippen molar-refractivity contribution < 1.29 is 9.66 Å². The highest BCUT2D eigenvalue weighted by molar-refractivity contribution is 5.70. The van der Waals surface area contributed by atoms with Crippen LogP contribution in [0.4, 0.5) is 11.4 Å². The molecule has 1 saturated heterocycles. The molecule has 1 heterocycles. The van der Waals surface area contributed by atoms with Crippen molar-refractivity contribution >= 4 is 11.4 Å². The summed E-state index contributed by atoms with van der Waals surface area (Å²) in [4.78, 5) is 13.2. The van der Waals surface area contributed by atoms with Crippen molar-refractivity contribution in [3.8, 4) is 5.75 Å². The van der Waals surface area contributed by atoms with Crippen molar-refractivity contribution in [1.29, 1.82) is 0 Å². The molecule has 1 fully saturated rings. The maximum absolute atomic E-state index is 11.5. The third kappa shape index (κ3) is 2.85. The van der Waals surface area contributed by atoms with Crippen LogP contribution in [0.1, 0.15) is 20.8 Å². The highest BCUT2D eigenvalue weighted by atomic mass is 16.6. The molecule has 110 valence electrons. The van der Waals surface area contributed by atoms with E-state index in [0.29, 0.717) is 17.5 Å². The number of para-hydroxylation sites is 1. The zero-order valence-corrected chi connectivity index (χ0v) is 12.1. The number of nitrogens with one attached hydrogen (secondary N) is 1. The second-order valence-corrected chi connectivity index (χ2v) is 5.15. The number of benzene rings is 1. The van der Waals surface area contributed by atoms with Crippen LogP contribution in [0.2, 0.25) is 0 Å². The van der Waals surface area contributed by atoms with E-state index in [1.807, 2.05) is 26.8 Å². The Bertz CT molecular complexity index is 487. The van der Waals surface area contributed by atoms with Crippen LogP contribution in [0.5, 0.6) is 5.75 Å². The number of hydrogen-bond acceptors (Lipinski definition) is 5. The highest BCUT2D eigenvalue weighted by Gasteiger charge is 2.31. The van der Waals surface area contributed by atoms with Crippen molar-refractivity contribution in [2.45, 2.75) is 32.9 Å². The average molecular weight is 279 g/mol. The molecule has 0 aromatic heterocycles. The van der Waals surface area contributed by atoms with Gasteiger partial charge >= 0.3 is 5.69 Å². The topological polar surface area (TPSA) is 67.6 Å². The van der Waals surface area contributed by atoms with Crippen LogP contribution in [-0.2, 0) is 0 Å². The molecule has 1 aromatic carbocycles. The lowest BCUT2D eigenvalue weighted by atomic mass is 10.1. The summed E-state index contributed by atoms with van der Waals surface area (Å²) in [6.45, 7) is 8.20. The van der Waals surface area contributed by atoms with E-state index in [-0.39, 0.29) is 16.7 Å². The van der Waals surface area contributed by atoms with Gasteiger partial charge in [0.05, 0.1) is 17.1 Å². The molecule has 1 aromatic rings. The fourth-order valence-corrected chi connectivity index (χ4v) is 2.39. The van der Waals surface area contributed by atoms with Crippen molar-refractivity contribution in [2.75, 3.05) is 24.5 Å². The van der Waals surface area contributed by atoms with Crippen LogP contribution in [-0.4, -0.2) is 36.7 Å². The van der Waals surface area contributed by atoms with E-state index in [9.17, 15) is 10.1 Å². The first-order valence-corrected chi connectivity index (χ1v) is 6.96. The lowest BCUT2D eigenvalue weighted by molar-refractivity contribution is -0.385. The number of hydrogen-bond donors (Lipinski definition) is 1. The largest absolute Gasteiger partial charge is 0.484 e. The van der Waals surface area contributed by atoms with E-state index in [0.717, 1.165) is 19.6 Å². The fourth-order valence-electron chi connectivity index (χ4n) is 2.39. The number of nitro groups is 1. The van der Waals surface area contributed by atoms with Gasteiger partial charge in [0.25, 0.3) is 0 Å². The Morgan fingerprint density at radius 2 is 2.20 bits per heavy atom. The van der Waals surface area contributed by atoms with Gasteiger partial charge in [-0.15, -0.1) is 0 Å². The number of rotatable bonds is 6. The van der Waals surface area contributed by atoms with Crippen LogP contribution < -0.4 is 15.0 Å². The zero-order chi connectivity index (χ0) is 14.7. The summed E-state index contributed by atoms with van der Waals surface area (Å²) in [6, 6.07) is 5.59. The van der Waals surface area contributed by atoms with Gasteiger partial charge in [0.15, 0.2) is 5.75 Å². The summed E-state index contributed by atoms with van der Waals surface area (Å²) >= 11 is 0. The minimum atomic E-state index is -0.345. The molecular weight excluding hydrogens is 258 g/mol. The van der Waals surface area contributed by atoms with Crippen molar-refractivity contribution in [2.24, 2.45) is 0 Å². The van der Waals surface area contributed by atoms with Gasteiger partial charge in [-0.05, 0) is 32.9 Å². The monoisotopic (exact) mass is 279 g/mol. The van der Waals surface area contributed by atoms with Crippen molar-refractivity contribution in [3.63, 3.8) is 0 Å². The third-order valence-corrected chi connectivity index (χ3v) is 3.37. The molecule has 0 spiro atoms. The van der Waals surface area contributed by atoms with Gasteiger partial charge < -0.3 is 15.0 Å². The predicted molar refractivity (Wildman–Crippen MR) is 78.5 cm³/mol. The molecule has 0 bridgehead atoms. The molecule has 0 unspecified atom stereocenters. The molecule has 0 aliphatic carbocycles. The Balaban J connectivity index is 2.42. The second kappa shape index (κ2) is 6.09. The van der Waals surface area contributed by atoms with E-state index >= 15 is 0 Å². The maximum Gasteiger partial charge on any atom is 0.333 e. The van der Waals surface area contributed by atoms with Gasteiger partial charge in [0.1, 0.15) is 5.69 Å². The summed E-state index contributed by atoms with van der Waals surface area (Å²) in [5.74, 6) is 0.341. The van der Waals surface area contributed by atoms with Crippen molar-refractivity contribution in [1.82, 2.24) is 5.32 Å². The van der Waals surface area contributed by atoms with Gasteiger partial charge in [-0.25, -0.2) is 0 Å². The van der Waals surface area contributed by atoms with E-state index in [2.05, 4.69) is 10.2 Å². The van der Waals surface area contributed by atoms with E-state index in [1.54, 1.807) is 12.1 Å². The van der Waals surface area contributed by atoms with Crippen LogP contribution in [0.25, 0.3) is 0 Å². The Morgan fingerprint density at radius 3 is 2.65 bits per heavy atom. The lowest BCUT2D eigenvalue weighted by Gasteiger charge is -2.39. The van der Waals surface area contributed by atoms with E-state index in [4.69, 9.17) is 4.74 Å². The smallest absolute Gasteiger partial charge is 0.333 e. The average Bonchev–Trinajstić information content (AvgIpc) is 2.32. The van der Waals surface area contributed by atoms with Gasteiger partial charge in [-0.2, -0.15) is 0 Å². The third-order valence-electron chi connectivity index (χ3n) is 3.37.